The maximum absolute atomic E-state index is 13.7. The Morgan fingerprint density at radius 3 is 2.86 bits per heavy atom. The maximum Gasteiger partial charge on any atom is 0.315 e. The number of halogens is 1. The molecule has 1 fully saturated rings. The number of urea groups is 1. The highest BCUT2D eigenvalue weighted by Crippen LogP contribution is 2.17. The van der Waals surface area contributed by atoms with E-state index in [2.05, 4.69) is 22.5 Å². The molecule has 0 saturated heterocycles. The first-order valence-electron chi connectivity index (χ1n) is 7.21. The number of hydrogen-bond donors (Lipinski definition) is 3. The Balaban J connectivity index is 1.90. The lowest BCUT2D eigenvalue weighted by Crippen LogP contribution is -2.40. The highest BCUT2D eigenvalue weighted by Gasteiger charge is 2.16. The number of carbonyl (C=O) groups is 1. The van der Waals surface area contributed by atoms with Crippen LogP contribution in [-0.2, 0) is 6.54 Å². The van der Waals surface area contributed by atoms with Gasteiger partial charge in [0.1, 0.15) is 5.82 Å². The average Bonchev–Trinajstić information content (AvgIpc) is 2.98. The second-order valence-corrected chi connectivity index (χ2v) is 5.12. The van der Waals surface area contributed by atoms with E-state index in [9.17, 15) is 9.18 Å². The van der Waals surface area contributed by atoms with Crippen LogP contribution in [0.4, 0.5) is 9.18 Å². The van der Waals surface area contributed by atoms with Crippen LogP contribution in [-0.4, -0.2) is 18.6 Å². The SMILES string of the molecule is NCC#Cc1ccc(F)c(CNC(=O)NC2CCCC2)c1. The molecule has 1 aliphatic carbocycles. The van der Waals surface area contributed by atoms with E-state index in [-0.39, 0.29) is 31.0 Å². The molecular weight excluding hydrogens is 269 g/mol. The van der Waals surface area contributed by atoms with Gasteiger partial charge >= 0.3 is 6.03 Å². The molecule has 0 aliphatic heterocycles. The van der Waals surface area contributed by atoms with Gasteiger partial charge in [-0.1, -0.05) is 24.7 Å². The minimum Gasteiger partial charge on any atom is -0.335 e. The summed E-state index contributed by atoms with van der Waals surface area (Å²) in [6.45, 7) is 0.400. The van der Waals surface area contributed by atoms with Gasteiger partial charge in [0.2, 0.25) is 0 Å². The first-order valence-corrected chi connectivity index (χ1v) is 7.21. The number of nitrogens with one attached hydrogen (secondary N) is 2. The number of nitrogens with two attached hydrogens (primary N) is 1. The van der Waals surface area contributed by atoms with Gasteiger partial charge in [-0.3, -0.25) is 0 Å². The van der Waals surface area contributed by atoms with Crippen molar-refractivity contribution in [2.75, 3.05) is 6.54 Å². The minimum atomic E-state index is -0.352. The van der Waals surface area contributed by atoms with Crippen LogP contribution >= 0.6 is 0 Å². The molecule has 0 radical (unpaired) electrons. The lowest BCUT2D eigenvalue weighted by Gasteiger charge is -2.13. The second-order valence-electron chi connectivity index (χ2n) is 5.12. The molecule has 1 aromatic rings. The minimum absolute atomic E-state index is 0.141. The van der Waals surface area contributed by atoms with Crippen molar-refractivity contribution in [3.05, 3.63) is 35.1 Å². The molecule has 0 spiro atoms. The van der Waals surface area contributed by atoms with Gasteiger partial charge in [0.05, 0.1) is 6.54 Å². The van der Waals surface area contributed by atoms with Crippen LogP contribution in [0.1, 0.15) is 36.8 Å². The molecule has 2 rings (SSSR count). The van der Waals surface area contributed by atoms with Gasteiger partial charge in [0, 0.05) is 23.7 Å². The molecule has 1 saturated carbocycles. The van der Waals surface area contributed by atoms with E-state index < -0.39 is 0 Å². The van der Waals surface area contributed by atoms with Gasteiger partial charge in [-0.2, -0.15) is 0 Å². The average molecular weight is 289 g/mol. The fourth-order valence-corrected chi connectivity index (χ4v) is 2.42. The number of rotatable bonds is 3. The molecule has 0 bridgehead atoms. The summed E-state index contributed by atoms with van der Waals surface area (Å²) in [5.41, 5.74) is 6.41. The molecule has 0 unspecified atom stereocenters. The molecule has 0 atom stereocenters. The largest absolute Gasteiger partial charge is 0.335 e. The summed E-state index contributed by atoms with van der Waals surface area (Å²) in [7, 11) is 0. The maximum atomic E-state index is 13.7. The molecule has 5 heteroatoms. The van der Waals surface area contributed by atoms with Gasteiger partial charge in [-0.25, -0.2) is 9.18 Å². The Labute approximate surface area is 124 Å². The van der Waals surface area contributed by atoms with Crippen molar-refractivity contribution >= 4 is 6.03 Å². The fourth-order valence-electron chi connectivity index (χ4n) is 2.42. The van der Waals surface area contributed by atoms with E-state index in [0.29, 0.717) is 11.1 Å². The van der Waals surface area contributed by atoms with Crippen LogP contribution in [0.2, 0.25) is 0 Å². The van der Waals surface area contributed by atoms with Crippen molar-refractivity contribution in [2.24, 2.45) is 5.73 Å². The standard InChI is InChI=1S/C16H20FN3O/c17-15-8-7-12(4-3-9-18)10-13(15)11-19-16(21)20-14-5-1-2-6-14/h7-8,10,14H,1-2,5-6,9,11,18H2,(H2,19,20,21). The van der Waals surface area contributed by atoms with Crippen molar-refractivity contribution in [3.8, 4) is 11.8 Å². The number of amides is 2. The molecular formula is C16H20FN3O. The van der Waals surface area contributed by atoms with Gasteiger partial charge in [0.25, 0.3) is 0 Å². The highest BCUT2D eigenvalue weighted by molar-refractivity contribution is 5.74. The molecule has 112 valence electrons. The van der Waals surface area contributed by atoms with Gasteiger partial charge in [0.15, 0.2) is 0 Å². The summed E-state index contributed by atoms with van der Waals surface area (Å²) in [6.07, 6.45) is 4.35. The van der Waals surface area contributed by atoms with Crippen LogP contribution in [0.25, 0.3) is 0 Å². The first kappa shape index (κ1) is 15.3. The van der Waals surface area contributed by atoms with E-state index in [1.165, 1.54) is 6.07 Å². The highest BCUT2D eigenvalue weighted by atomic mass is 19.1. The van der Waals surface area contributed by atoms with Crippen LogP contribution in [0, 0.1) is 17.7 Å². The Hall–Kier alpha value is -2.06. The van der Waals surface area contributed by atoms with E-state index in [4.69, 9.17) is 5.73 Å². The van der Waals surface area contributed by atoms with Crippen LogP contribution < -0.4 is 16.4 Å². The van der Waals surface area contributed by atoms with E-state index in [1.807, 2.05) is 0 Å². The Kier molecular flexibility index (Phi) is 5.59. The van der Waals surface area contributed by atoms with Crippen molar-refractivity contribution in [1.82, 2.24) is 10.6 Å². The summed E-state index contributed by atoms with van der Waals surface area (Å²) < 4.78 is 13.7. The zero-order valence-electron chi connectivity index (χ0n) is 11.9. The third kappa shape index (κ3) is 4.76. The fraction of sp³-hybridized carbons (Fsp3) is 0.438. The van der Waals surface area contributed by atoms with Crippen LogP contribution in [0.5, 0.6) is 0 Å². The molecule has 2 amide bonds. The molecule has 4 N–H and O–H groups in total. The van der Waals surface area contributed by atoms with Crippen LogP contribution in [0.3, 0.4) is 0 Å². The lowest BCUT2D eigenvalue weighted by atomic mass is 10.1. The molecule has 4 nitrogen and oxygen atoms in total. The monoisotopic (exact) mass is 289 g/mol. The van der Waals surface area contributed by atoms with Crippen molar-refractivity contribution in [1.29, 1.82) is 0 Å². The number of hydrogen-bond acceptors (Lipinski definition) is 2. The zero-order valence-corrected chi connectivity index (χ0v) is 11.9. The van der Waals surface area contributed by atoms with E-state index in [1.54, 1.807) is 12.1 Å². The Morgan fingerprint density at radius 1 is 1.38 bits per heavy atom. The zero-order chi connectivity index (χ0) is 15.1. The molecule has 1 aromatic carbocycles. The van der Waals surface area contributed by atoms with Gasteiger partial charge in [-0.15, -0.1) is 0 Å². The predicted octanol–water partition coefficient (Wildman–Crippen LogP) is 1.88. The van der Waals surface area contributed by atoms with E-state index >= 15 is 0 Å². The van der Waals surface area contributed by atoms with Gasteiger partial charge in [-0.05, 0) is 31.0 Å². The Morgan fingerprint density at radius 2 is 2.14 bits per heavy atom. The van der Waals surface area contributed by atoms with Crippen LogP contribution in [0.15, 0.2) is 18.2 Å². The predicted molar refractivity (Wildman–Crippen MR) is 80.0 cm³/mol. The Bertz CT molecular complexity index is 556. The molecule has 21 heavy (non-hydrogen) atoms. The molecule has 0 aromatic heterocycles. The third-order valence-electron chi connectivity index (χ3n) is 3.51. The first-order chi connectivity index (χ1) is 10.2. The van der Waals surface area contributed by atoms with Crippen molar-refractivity contribution in [2.45, 2.75) is 38.3 Å². The van der Waals surface area contributed by atoms with Crippen molar-refractivity contribution in [3.63, 3.8) is 0 Å². The smallest absolute Gasteiger partial charge is 0.315 e. The summed E-state index contributed by atoms with van der Waals surface area (Å²) in [4.78, 5) is 11.8. The number of benzene rings is 1. The third-order valence-corrected chi connectivity index (χ3v) is 3.51. The van der Waals surface area contributed by atoms with Crippen molar-refractivity contribution < 1.29 is 9.18 Å². The summed E-state index contributed by atoms with van der Waals surface area (Å²) in [6, 6.07) is 4.58. The van der Waals surface area contributed by atoms with Gasteiger partial charge < -0.3 is 16.4 Å². The topological polar surface area (TPSA) is 67.1 Å². The lowest BCUT2D eigenvalue weighted by molar-refractivity contribution is 0.236. The molecule has 0 heterocycles. The quantitative estimate of drug-likeness (QED) is 0.744. The summed E-state index contributed by atoms with van der Waals surface area (Å²) in [5, 5.41) is 5.59. The second kappa shape index (κ2) is 7.65. The molecule has 1 aliphatic rings. The normalized spacial score (nSPS) is 14.4. The number of carbonyl (C=O) groups excluding carboxylic acids is 1. The van der Waals surface area contributed by atoms with E-state index in [0.717, 1.165) is 25.7 Å². The summed E-state index contributed by atoms with van der Waals surface area (Å²) in [5.74, 6) is 5.22. The summed E-state index contributed by atoms with van der Waals surface area (Å²) >= 11 is 0.